The smallest absolute Gasteiger partial charge is 0.322 e. The van der Waals surface area contributed by atoms with Crippen LogP contribution in [-0.4, -0.2) is 19.1 Å². The normalized spacial score (nSPS) is 15.5. The summed E-state index contributed by atoms with van der Waals surface area (Å²) in [6, 6.07) is 5.73. The van der Waals surface area contributed by atoms with Gasteiger partial charge in [-0.15, -0.1) is 0 Å². The Hall–Kier alpha value is -1.36. The lowest BCUT2D eigenvalue weighted by molar-refractivity contribution is 0.254. The molecule has 0 aliphatic carbocycles. The average Bonchev–Trinajstić information content (AvgIpc) is 2.37. The van der Waals surface area contributed by atoms with Gasteiger partial charge in [-0.05, 0) is 61.9 Å². The number of nitrogens with two attached hydrogens (primary N) is 1. The van der Waals surface area contributed by atoms with Crippen molar-refractivity contribution in [3.63, 3.8) is 0 Å². The second-order valence-corrected chi connectivity index (χ2v) is 5.44. The first-order chi connectivity index (χ1) is 8.66. The summed E-state index contributed by atoms with van der Waals surface area (Å²) >= 11 is 1.25. The SMILES string of the molecule is Cc1cc(SNC(N)=O)ccc1N1CCCCC1. The molecule has 4 nitrogen and oxygen atoms in total. The van der Waals surface area contributed by atoms with Crippen molar-refractivity contribution in [3.8, 4) is 0 Å². The number of nitrogens with zero attached hydrogens (tertiary/aromatic N) is 1. The molecule has 1 aromatic carbocycles. The Labute approximate surface area is 112 Å². The minimum absolute atomic E-state index is 0.516. The first-order valence-electron chi connectivity index (χ1n) is 6.25. The highest BCUT2D eigenvalue weighted by atomic mass is 32.2. The van der Waals surface area contributed by atoms with Crippen LogP contribution >= 0.6 is 11.9 Å². The maximum atomic E-state index is 10.7. The Kier molecular flexibility index (Phi) is 4.36. The fraction of sp³-hybridized carbons (Fsp3) is 0.462. The number of aryl methyl sites for hydroxylation is 1. The molecule has 0 saturated carbocycles. The molecule has 1 aromatic rings. The molecule has 3 N–H and O–H groups in total. The van der Waals surface area contributed by atoms with Gasteiger partial charge < -0.3 is 10.6 Å². The molecule has 1 fully saturated rings. The topological polar surface area (TPSA) is 58.4 Å². The molecular weight excluding hydrogens is 246 g/mol. The number of urea groups is 1. The summed E-state index contributed by atoms with van der Waals surface area (Å²) in [6.07, 6.45) is 3.89. The maximum absolute atomic E-state index is 10.7. The van der Waals surface area contributed by atoms with Crippen LogP contribution in [0.4, 0.5) is 10.5 Å². The molecule has 18 heavy (non-hydrogen) atoms. The number of piperidine rings is 1. The van der Waals surface area contributed by atoms with Gasteiger partial charge in [0, 0.05) is 23.7 Å². The van der Waals surface area contributed by atoms with E-state index >= 15 is 0 Å². The Bertz CT molecular complexity index is 430. The molecular formula is C13H19N3OS. The van der Waals surface area contributed by atoms with E-state index in [1.165, 1.54) is 42.5 Å². The van der Waals surface area contributed by atoms with Crippen molar-refractivity contribution in [2.75, 3.05) is 18.0 Å². The van der Waals surface area contributed by atoms with E-state index < -0.39 is 6.03 Å². The highest BCUT2D eigenvalue weighted by Gasteiger charge is 2.13. The van der Waals surface area contributed by atoms with Crippen molar-refractivity contribution in [1.82, 2.24) is 4.72 Å². The van der Waals surface area contributed by atoms with Gasteiger partial charge in [-0.25, -0.2) is 4.79 Å². The van der Waals surface area contributed by atoms with Crippen LogP contribution in [0.15, 0.2) is 23.1 Å². The van der Waals surface area contributed by atoms with Crippen molar-refractivity contribution in [2.24, 2.45) is 5.73 Å². The summed E-state index contributed by atoms with van der Waals surface area (Å²) < 4.78 is 2.53. The van der Waals surface area contributed by atoms with E-state index in [9.17, 15) is 4.79 Å². The van der Waals surface area contributed by atoms with Crippen molar-refractivity contribution in [3.05, 3.63) is 23.8 Å². The van der Waals surface area contributed by atoms with Gasteiger partial charge in [0.2, 0.25) is 0 Å². The summed E-state index contributed by atoms with van der Waals surface area (Å²) in [5.74, 6) is 0. The van der Waals surface area contributed by atoms with Crippen LogP contribution in [-0.2, 0) is 0 Å². The molecule has 5 heteroatoms. The first-order valence-corrected chi connectivity index (χ1v) is 7.06. The second-order valence-electron chi connectivity index (χ2n) is 4.56. The summed E-state index contributed by atoms with van der Waals surface area (Å²) in [5.41, 5.74) is 7.59. The number of hydrogen-bond donors (Lipinski definition) is 2. The number of hydrogen-bond acceptors (Lipinski definition) is 3. The molecule has 0 bridgehead atoms. The molecule has 0 aromatic heterocycles. The minimum Gasteiger partial charge on any atom is -0.371 e. The van der Waals surface area contributed by atoms with Gasteiger partial charge in [0.1, 0.15) is 0 Å². The lowest BCUT2D eigenvalue weighted by Crippen LogP contribution is -2.29. The van der Waals surface area contributed by atoms with Crippen LogP contribution in [0.1, 0.15) is 24.8 Å². The summed E-state index contributed by atoms with van der Waals surface area (Å²) in [4.78, 5) is 14.1. The third-order valence-electron chi connectivity index (χ3n) is 3.13. The van der Waals surface area contributed by atoms with Gasteiger partial charge in [0.05, 0.1) is 0 Å². The predicted molar refractivity (Wildman–Crippen MR) is 75.8 cm³/mol. The number of nitrogens with one attached hydrogen (secondary N) is 1. The molecule has 0 spiro atoms. The summed E-state index contributed by atoms with van der Waals surface area (Å²) in [6.45, 7) is 4.40. The molecule has 0 atom stereocenters. The van der Waals surface area contributed by atoms with Gasteiger partial charge in [0.15, 0.2) is 0 Å². The number of carbonyl (C=O) groups is 1. The molecule has 1 aliphatic rings. The van der Waals surface area contributed by atoms with E-state index in [0.29, 0.717) is 0 Å². The largest absolute Gasteiger partial charge is 0.371 e. The van der Waals surface area contributed by atoms with Crippen molar-refractivity contribution < 1.29 is 4.79 Å². The number of rotatable bonds is 3. The molecule has 0 unspecified atom stereocenters. The standard InChI is InChI=1S/C13H19N3OS/c1-10-9-11(18-15-13(14)17)5-6-12(10)16-7-3-2-4-8-16/h5-6,9H,2-4,7-8H2,1H3,(H3,14,15,17). The zero-order valence-corrected chi connectivity index (χ0v) is 11.4. The van der Waals surface area contributed by atoms with Crippen LogP contribution < -0.4 is 15.4 Å². The molecule has 1 aliphatic heterocycles. The van der Waals surface area contributed by atoms with Gasteiger partial charge in [0.25, 0.3) is 0 Å². The Morgan fingerprint density at radius 1 is 1.33 bits per heavy atom. The van der Waals surface area contributed by atoms with E-state index in [4.69, 9.17) is 5.73 Å². The van der Waals surface area contributed by atoms with Gasteiger partial charge in [-0.1, -0.05) is 0 Å². The van der Waals surface area contributed by atoms with Crippen LogP contribution in [0.5, 0.6) is 0 Å². The number of carbonyl (C=O) groups excluding carboxylic acids is 1. The molecule has 1 saturated heterocycles. The summed E-state index contributed by atoms with van der Waals surface area (Å²) in [5, 5.41) is 0. The van der Waals surface area contributed by atoms with E-state index in [1.54, 1.807) is 0 Å². The van der Waals surface area contributed by atoms with Crippen LogP contribution in [0, 0.1) is 6.92 Å². The Morgan fingerprint density at radius 2 is 2.06 bits per heavy atom. The summed E-state index contributed by atoms with van der Waals surface area (Å²) in [7, 11) is 0. The fourth-order valence-electron chi connectivity index (χ4n) is 2.29. The molecule has 2 rings (SSSR count). The van der Waals surface area contributed by atoms with Gasteiger partial charge >= 0.3 is 6.03 Å². The second kappa shape index (κ2) is 6.00. The maximum Gasteiger partial charge on any atom is 0.322 e. The van der Waals surface area contributed by atoms with E-state index in [0.717, 1.165) is 18.0 Å². The molecule has 2 amide bonds. The van der Waals surface area contributed by atoms with Crippen molar-refractivity contribution in [1.29, 1.82) is 0 Å². The number of benzene rings is 1. The molecule has 1 heterocycles. The van der Waals surface area contributed by atoms with E-state index in [1.807, 2.05) is 6.07 Å². The lowest BCUT2D eigenvalue weighted by atomic mass is 10.1. The first kappa shape index (κ1) is 13.1. The third kappa shape index (κ3) is 3.32. The number of anilines is 1. The van der Waals surface area contributed by atoms with Crippen molar-refractivity contribution >= 4 is 23.7 Å². The molecule has 98 valence electrons. The average molecular weight is 265 g/mol. The quantitative estimate of drug-likeness (QED) is 0.826. The lowest BCUT2D eigenvalue weighted by Gasteiger charge is -2.30. The Morgan fingerprint density at radius 3 is 2.67 bits per heavy atom. The number of amides is 2. The minimum atomic E-state index is -0.516. The van der Waals surface area contributed by atoms with Crippen molar-refractivity contribution in [2.45, 2.75) is 31.1 Å². The van der Waals surface area contributed by atoms with Crippen LogP contribution in [0.25, 0.3) is 0 Å². The van der Waals surface area contributed by atoms with Crippen LogP contribution in [0.2, 0.25) is 0 Å². The number of primary amides is 1. The monoisotopic (exact) mass is 265 g/mol. The third-order valence-corrected chi connectivity index (χ3v) is 3.93. The molecule has 0 radical (unpaired) electrons. The zero-order chi connectivity index (χ0) is 13.0. The Balaban J connectivity index is 2.06. The van der Waals surface area contributed by atoms with E-state index in [-0.39, 0.29) is 0 Å². The zero-order valence-electron chi connectivity index (χ0n) is 10.6. The van der Waals surface area contributed by atoms with Crippen LogP contribution in [0.3, 0.4) is 0 Å². The predicted octanol–water partition coefficient (Wildman–Crippen LogP) is 2.66. The van der Waals surface area contributed by atoms with E-state index in [2.05, 4.69) is 28.7 Å². The van der Waals surface area contributed by atoms with Gasteiger partial charge in [-0.3, -0.25) is 4.72 Å². The fourth-order valence-corrected chi connectivity index (χ4v) is 2.88. The highest BCUT2D eigenvalue weighted by molar-refractivity contribution is 7.98. The highest BCUT2D eigenvalue weighted by Crippen LogP contribution is 2.27. The van der Waals surface area contributed by atoms with Gasteiger partial charge in [-0.2, -0.15) is 0 Å².